The zero-order chi connectivity index (χ0) is 27.0. The molecular weight excluding hydrogens is 520 g/mol. The Morgan fingerprint density at radius 2 is 1.85 bits per heavy atom. The van der Waals surface area contributed by atoms with Crippen molar-refractivity contribution in [2.75, 3.05) is 11.6 Å². The molecule has 0 saturated carbocycles. The second kappa shape index (κ2) is 12.2. The molecule has 0 radical (unpaired) electrons. The predicted octanol–water partition coefficient (Wildman–Crippen LogP) is 1.99. The minimum atomic E-state index is -0.784. The van der Waals surface area contributed by atoms with Gasteiger partial charge < -0.3 is 10.6 Å². The van der Waals surface area contributed by atoms with E-state index < -0.39 is 6.04 Å². The molecule has 1 aliphatic rings. The molecule has 39 heavy (non-hydrogen) atoms. The summed E-state index contributed by atoms with van der Waals surface area (Å²) in [7, 11) is 0. The van der Waals surface area contributed by atoms with Gasteiger partial charge in [0.2, 0.25) is 5.91 Å². The van der Waals surface area contributed by atoms with Crippen LogP contribution in [0.5, 0.6) is 0 Å². The van der Waals surface area contributed by atoms with Gasteiger partial charge in [0.05, 0.1) is 5.69 Å². The summed E-state index contributed by atoms with van der Waals surface area (Å²) in [5.74, 6) is -0.157. The van der Waals surface area contributed by atoms with E-state index in [0.29, 0.717) is 35.8 Å². The van der Waals surface area contributed by atoms with Crippen molar-refractivity contribution < 1.29 is 9.59 Å². The summed E-state index contributed by atoms with van der Waals surface area (Å²) in [5, 5.41) is 25.8. The van der Waals surface area contributed by atoms with Crippen molar-refractivity contribution in [2.24, 2.45) is 5.10 Å². The molecule has 0 aliphatic carbocycles. The topological polar surface area (TPSA) is 152 Å². The van der Waals surface area contributed by atoms with Gasteiger partial charge in [0.1, 0.15) is 12.4 Å². The molecule has 3 aromatic carbocycles. The fourth-order valence-electron chi connectivity index (χ4n) is 4.12. The molecule has 5 N–H and O–H groups in total. The number of aromatic amines is 1. The van der Waals surface area contributed by atoms with Gasteiger partial charge in [-0.25, -0.2) is 15.6 Å². The molecule has 5 rings (SSSR count). The van der Waals surface area contributed by atoms with E-state index >= 15 is 0 Å². The number of halogens is 1. The predicted molar refractivity (Wildman–Crippen MR) is 146 cm³/mol. The molecule has 1 atom stereocenters. The number of H-pyrrole nitrogens is 1. The molecule has 0 fully saturated rings. The minimum Gasteiger partial charge on any atom is -0.354 e. The first kappa shape index (κ1) is 25.8. The highest BCUT2D eigenvalue weighted by Crippen LogP contribution is 2.24. The van der Waals surface area contributed by atoms with Crippen LogP contribution >= 0.6 is 11.6 Å². The van der Waals surface area contributed by atoms with Crippen molar-refractivity contribution in [1.29, 1.82) is 0 Å². The van der Waals surface area contributed by atoms with Crippen molar-refractivity contribution in [1.82, 2.24) is 42.3 Å². The van der Waals surface area contributed by atoms with Gasteiger partial charge in [-0.15, -0.1) is 10.6 Å². The third-order valence-electron chi connectivity index (χ3n) is 6.07. The molecule has 12 nitrogen and oxygen atoms in total. The summed E-state index contributed by atoms with van der Waals surface area (Å²) in [6.45, 7) is 0.339. The van der Waals surface area contributed by atoms with Crippen LogP contribution in [0.4, 0.5) is 5.69 Å². The molecule has 4 aromatic rings. The highest BCUT2D eigenvalue weighted by molar-refractivity contribution is 6.30. The van der Waals surface area contributed by atoms with Crippen LogP contribution in [0.1, 0.15) is 21.5 Å². The van der Waals surface area contributed by atoms with Crippen LogP contribution in [0.25, 0.3) is 11.4 Å². The molecule has 0 unspecified atom stereocenters. The third-order valence-corrected chi connectivity index (χ3v) is 6.31. The Bertz CT molecular complexity index is 1450. The Kier molecular flexibility index (Phi) is 8.05. The second-order valence-electron chi connectivity index (χ2n) is 8.70. The summed E-state index contributed by atoms with van der Waals surface area (Å²) in [6.07, 6.45) is 2.45. The quantitative estimate of drug-likeness (QED) is 0.203. The van der Waals surface area contributed by atoms with E-state index in [0.717, 1.165) is 22.4 Å². The van der Waals surface area contributed by atoms with Gasteiger partial charge in [0.25, 0.3) is 5.91 Å². The average Bonchev–Trinajstić information content (AvgIpc) is 3.69. The van der Waals surface area contributed by atoms with Gasteiger partial charge in [-0.3, -0.25) is 9.59 Å². The molecule has 2 amide bonds. The number of nitrogens with zero attached hydrogens (tertiary/aromatic N) is 5. The molecule has 13 heteroatoms. The largest absolute Gasteiger partial charge is 0.354 e. The number of hydrazone groups is 1. The number of hydrogen-bond acceptors (Lipinski definition) is 9. The van der Waals surface area contributed by atoms with E-state index in [9.17, 15) is 9.59 Å². The van der Waals surface area contributed by atoms with E-state index in [2.05, 4.69) is 47.4 Å². The van der Waals surface area contributed by atoms with Gasteiger partial charge in [-0.1, -0.05) is 54.1 Å². The van der Waals surface area contributed by atoms with Gasteiger partial charge in [-0.05, 0) is 58.3 Å². The van der Waals surface area contributed by atoms with Crippen LogP contribution < -0.4 is 26.7 Å². The number of amides is 2. The Labute approximate surface area is 228 Å². The fourth-order valence-corrected chi connectivity index (χ4v) is 4.31. The number of rotatable bonds is 10. The highest BCUT2D eigenvalue weighted by atomic mass is 35.5. The maximum absolute atomic E-state index is 13.3. The van der Waals surface area contributed by atoms with Crippen molar-refractivity contribution >= 4 is 35.4 Å². The van der Waals surface area contributed by atoms with Crippen molar-refractivity contribution in [3.05, 3.63) is 94.5 Å². The summed E-state index contributed by atoms with van der Waals surface area (Å²) < 4.78 is 0. The maximum Gasteiger partial charge on any atom is 0.251 e. The van der Waals surface area contributed by atoms with Crippen LogP contribution in [0.3, 0.4) is 0 Å². The Morgan fingerprint density at radius 1 is 1.03 bits per heavy atom. The first-order valence-corrected chi connectivity index (χ1v) is 12.5. The van der Waals surface area contributed by atoms with Crippen molar-refractivity contribution in [3.8, 4) is 11.4 Å². The number of aromatic nitrogens is 4. The zero-order valence-corrected chi connectivity index (χ0v) is 21.4. The molecule has 1 aliphatic heterocycles. The summed E-state index contributed by atoms with van der Waals surface area (Å²) in [6, 6.07) is 21.1. The fraction of sp³-hybridized carbons (Fsp3) is 0.154. The Morgan fingerprint density at radius 3 is 2.56 bits per heavy atom. The van der Waals surface area contributed by atoms with Crippen LogP contribution in [0.2, 0.25) is 5.02 Å². The number of nitrogens with one attached hydrogen (secondary N) is 5. The van der Waals surface area contributed by atoms with Gasteiger partial charge >= 0.3 is 0 Å². The van der Waals surface area contributed by atoms with Gasteiger partial charge in [0.15, 0.2) is 5.82 Å². The number of benzene rings is 3. The van der Waals surface area contributed by atoms with Crippen molar-refractivity contribution in [3.63, 3.8) is 0 Å². The zero-order valence-electron chi connectivity index (χ0n) is 20.6. The van der Waals surface area contributed by atoms with Crippen LogP contribution in [0, 0.1) is 0 Å². The lowest BCUT2D eigenvalue weighted by Gasteiger charge is -2.20. The summed E-state index contributed by atoms with van der Waals surface area (Å²) in [5.41, 5.74) is 9.39. The van der Waals surface area contributed by atoms with E-state index in [-0.39, 0.29) is 11.8 Å². The number of hydrogen-bond donors (Lipinski definition) is 5. The number of hydrazine groups is 2. The second-order valence-corrected chi connectivity index (χ2v) is 9.13. The Hall–Kier alpha value is -4.81. The first-order chi connectivity index (χ1) is 19.1. The Balaban J connectivity index is 1.26. The van der Waals surface area contributed by atoms with Crippen LogP contribution in [-0.2, 0) is 17.6 Å². The molecule has 2 heterocycles. The normalized spacial score (nSPS) is 13.1. The van der Waals surface area contributed by atoms with E-state index in [1.165, 1.54) is 0 Å². The number of carbonyl (C=O) groups excluding carboxylic acids is 2. The van der Waals surface area contributed by atoms with E-state index in [4.69, 9.17) is 11.6 Å². The highest BCUT2D eigenvalue weighted by Gasteiger charge is 2.22. The lowest BCUT2D eigenvalue weighted by molar-refractivity contribution is -0.122. The number of tetrazole rings is 1. The summed E-state index contributed by atoms with van der Waals surface area (Å²) >= 11 is 6.23. The number of anilines is 1. The lowest BCUT2D eigenvalue weighted by Crippen LogP contribution is -2.48. The monoisotopic (exact) mass is 544 g/mol. The van der Waals surface area contributed by atoms with Gasteiger partial charge in [-0.2, -0.15) is 5.10 Å². The lowest BCUT2D eigenvalue weighted by atomic mass is 10.0. The molecule has 0 spiro atoms. The van der Waals surface area contributed by atoms with E-state index in [1.807, 2.05) is 42.5 Å². The van der Waals surface area contributed by atoms with E-state index in [1.54, 1.807) is 41.7 Å². The molecule has 0 bridgehead atoms. The first-order valence-electron chi connectivity index (χ1n) is 12.1. The molecule has 1 aromatic heterocycles. The summed E-state index contributed by atoms with van der Waals surface area (Å²) in [4.78, 5) is 26.4. The van der Waals surface area contributed by atoms with Crippen molar-refractivity contribution in [2.45, 2.75) is 18.9 Å². The van der Waals surface area contributed by atoms with Crippen LogP contribution in [-0.4, -0.2) is 51.4 Å². The molecule has 0 saturated heterocycles. The minimum absolute atomic E-state index is 0.289. The SMILES string of the molecule is O=C(N[C@@H](Cc1ccccc1)C(=O)NCCc1cc(Cl)ccc1N1C=NNN1)c1ccc(-c2nnn[nH]2)cc1. The van der Waals surface area contributed by atoms with Gasteiger partial charge in [0, 0.05) is 29.1 Å². The maximum atomic E-state index is 13.3. The third kappa shape index (κ3) is 6.55. The molecular formula is C26H25ClN10O2. The number of carbonyl (C=O) groups is 2. The smallest absolute Gasteiger partial charge is 0.251 e. The average molecular weight is 545 g/mol. The van der Waals surface area contributed by atoms with Crippen LogP contribution in [0.15, 0.2) is 77.9 Å². The molecule has 198 valence electrons. The standard InChI is InChI=1S/C26H25ClN10O2/c27-21-10-11-23(37-16-29-33-36-37)20(15-21)12-13-28-26(39)22(14-17-4-2-1-3-5-17)30-25(38)19-8-6-18(7-9-19)24-31-34-35-32-24/h1-11,15-16,22,33,36H,12-14H2,(H,28,39)(H,30,38)(H,31,32,34,35)/t22-/m0/s1.